The highest BCUT2D eigenvalue weighted by Crippen LogP contribution is 2.39. The Balaban J connectivity index is 1.27. The van der Waals surface area contributed by atoms with Crippen LogP contribution in [0.1, 0.15) is 21.3 Å². The fraction of sp³-hybridized carbons (Fsp3) is 0.154. The van der Waals surface area contributed by atoms with Crippen molar-refractivity contribution in [3.05, 3.63) is 88.8 Å². The van der Waals surface area contributed by atoms with Crippen molar-refractivity contribution in [3.8, 4) is 0 Å². The number of nitrogens with zero attached hydrogens (tertiary/aromatic N) is 4. The van der Waals surface area contributed by atoms with Crippen LogP contribution in [0.4, 0.5) is 5.69 Å². The number of H-pyrrole nitrogens is 1. The second kappa shape index (κ2) is 9.29. The zero-order chi connectivity index (χ0) is 24.6. The molecule has 0 saturated heterocycles. The molecule has 6 rings (SSSR count). The first kappa shape index (κ1) is 22.6. The summed E-state index contributed by atoms with van der Waals surface area (Å²) < 4.78 is 2.06. The molecule has 4 heterocycles. The normalized spacial score (nSPS) is 15.3. The third-order valence-corrected chi connectivity index (χ3v) is 8.07. The van der Waals surface area contributed by atoms with Gasteiger partial charge in [-0.3, -0.25) is 14.7 Å². The number of rotatable bonds is 6. The number of nitrogens with one attached hydrogen (secondary N) is 2. The largest absolute Gasteiger partial charge is 0.342 e. The van der Waals surface area contributed by atoms with Crippen LogP contribution in [0.5, 0.6) is 0 Å². The second-order valence-corrected chi connectivity index (χ2v) is 10.7. The highest BCUT2D eigenvalue weighted by molar-refractivity contribution is 7.99. The number of anilines is 1. The molecule has 3 aromatic heterocycles. The van der Waals surface area contributed by atoms with Crippen LogP contribution in [-0.4, -0.2) is 44.7 Å². The molecule has 0 bridgehead atoms. The smallest absolute Gasteiger partial charge is 0.291 e. The number of likely N-dealkylation sites (N-methyl/N-ethyl adjacent to an activating group) is 1. The van der Waals surface area contributed by atoms with E-state index in [1.54, 1.807) is 35.0 Å². The van der Waals surface area contributed by atoms with E-state index in [2.05, 4.69) is 49.5 Å². The average molecular weight is 515 g/mol. The molecule has 0 unspecified atom stereocenters. The minimum absolute atomic E-state index is 0.0248. The van der Waals surface area contributed by atoms with Crippen LogP contribution in [0.15, 0.2) is 82.0 Å². The summed E-state index contributed by atoms with van der Waals surface area (Å²) in [6.45, 7) is 0.310. The maximum Gasteiger partial charge on any atom is 0.291 e. The molecule has 180 valence electrons. The monoisotopic (exact) mass is 514 g/mol. The molecule has 1 atom stereocenters. The lowest BCUT2D eigenvalue weighted by Crippen LogP contribution is -2.48. The molecule has 36 heavy (non-hydrogen) atoms. The van der Waals surface area contributed by atoms with E-state index in [0.717, 1.165) is 31.3 Å². The van der Waals surface area contributed by atoms with E-state index in [-0.39, 0.29) is 11.7 Å². The molecular formula is C26H22N6O2S2. The predicted molar refractivity (Wildman–Crippen MR) is 141 cm³/mol. The van der Waals surface area contributed by atoms with Gasteiger partial charge in [0.1, 0.15) is 11.9 Å². The molecule has 0 saturated carbocycles. The Morgan fingerprint density at radius 3 is 2.83 bits per heavy atom. The highest BCUT2D eigenvalue weighted by Gasteiger charge is 2.32. The van der Waals surface area contributed by atoms with Crippen LogP contribution < -0.4 is 10.2 Å². The van der Waals surface area contributed by atoms with Crippen molar-refractivity contribution in [2.24, 2.45) is 0 Å². The van der Waals surface area contributed by atoms with E-state index < -0.39 is 11.9 Å². The third-order valence-electron chi connectivity index (χ3n) is 6.14. The number of para-hydroxylation sites is 1. The zero-order valence-electron chi connectivity index (χ0n) is 19.3. The first-order chi connectivity index (χ1) is 17.6. The number of aromatic amines is 1. The lowest BCUT2D eigenvalue weighted by molar-refractivity contribution is -0.120. The molecular weight excluding hydrogens is 492 g/mol. The molecule has 0 radical (unpaired) electrons. The predicted octanol–water partition coefficient (Wildman–Crippen LogP) is 4.34. The van der Waals surface area contributed by atoms with E-state index in [4.69, 9.17) is 0 Å². The molecule has 2 amide bonds. The van der Waals surface area contributed by atoms with Gasteiger partial charge in [-0.25, -0.2) is 4.98 Å². The van der Waals surface area contributed by atoms with Crippen molar-refractivity contribution < 1.29 is 9.59 Å². The first-order valence-corrected chi connectivity index (χ1v) is 13.1. The minimum Gasteiger partial charge on any atom is -0.342 e. The Morgan fingerprint density at radius 1 is 1.17 bits per heavy atom. The molecule has 10 heteroatoms. The van der Waals surface area contributed by atoms with Crippen LogP contribution in [0.3, 0.4) is 0 Å². The van der Waals surface area contributed by atoms with Crippen LogP contribution in [0.25, 0.3) is 10.9 Å². The Hall–Kier alpha value is -3.89. The zero-order valence-corrected chi connectivity index (χ0v) is 21.0. The summed E-state index contributed by atoms with van der Waals surface area (Å²) in [6, 6.07) is 19.4. The van der Waals surface area contributed by atoms with Gasteiger partial charge in [-0.05, 0) is 29.6 Å². The molecule has 2 aromatic carbocycles. The van der Waals surface area contributed by atoms with Crippen molar-refractivity contribution in [1.29, 1.82) is 0 Å². The molecule has 8 nitrogen and oxygen atoms in total. The quantitative estimate of drug-likeness (QED) is 0.352. The van der Waals surface area contributed by atoms with E-state index in [0.29, 0.717) is 18.8 Å². The molecule has 1 aliphatic heterocycles. The van der Waals surface area contributed by atoms with Crippen molar-refractivity contribution >= 4 is 51.5 Å². The number of thiophene rings is 1. The van der Waals surface area contributed by atoms with Gasteiger partial charge >= 0.3 is 0 Å². The molecule has 0 spiro atoms. The van der Waals surface area contributed by atoms with Crippen molar-refractivity contribution in [1.82, 2.24) is 25.1 Å². The summed E-state index contributed by atoms with van der Waals surface area (Å²) in [7, 11) is 1.74. The second-order valence-electron chi connectivity index (χ2n) is 8.52. The summed E-state index contributed by atoms with van der Waals surface area (Å²) in [5.74, 6) is -0.0411. The lowest BCUT2D eigenvalue weighted by atomic mass is 10.2. The van der Waals surface area contributed by atoms with Crippen molar-refractivity contribution in [2.75, 3.05) is 11.9 Å². The molecule has 0 aliphatic carbocycles. The number of aromatic nitrogens is 4. The first-order valence-electron chi connectivity index (χ1n) is 11.4. The van der Waals surface area contributed by atoms with Crippen LogP contribution in [-0.2, 0) is 17.8 Å². The SMILES string of the molecule is CN1C(=O)[C@@H](NC(=O)c2n[nH]c(Cc3cccs3)n2)Cn2cc(Sc3ccccc3)c3cccc1c32. The van der Waals surface area contributed by atoms with Crippen LogP contribution in [0.2, 0.25) is 0 Å². The number of carbonyl (C=O) groups excluding carboxylic acids is 2. The van der Waals surface area contributed by atoms with E-state index in [1.165, 1.54) is 0 Å². The van der Waals surface area contributed by atoms with Gasteiger partial charge in [-0.2, -0.15) is 0 Å². The Labute approximate surface area is 215 Å². The summed E-state index contributed by atoms with van der Waals surface area (Å²) in [6.07, 6.45) is 2.63. The Morgan fingerprint density at radius 2 is 2.03 bits per heavy atom. The van der Waals surface area contributed by atoms with Gasteiger partial charge in [0, 0.05) is 39.7 Å². The van der Waals surface area contributed by atoms with E-state index in [1.807, 2.05) is 47.8 Å². The number of benzene rings is 2. The number of amides is 2. The van der Waals surface area contributed by atoms with Gasteiger partial charge in [0.15, 0.2) is 0 Å². The highest BCUT2D eigenvalue weighted by atomic mass is 32.2. The fourth-order valence-corrected chi connectivity index (χ4v) is 6.14. The topological polar surface area (TPSA) is 95.9 Å². The summed E-state index contributed by atoms with van der Waals surface area (Å²) in [5.41, 5.74) is 1.78. The van der Waals surface area contributed by atoms with Gasteiger partial charge in [0.25, 0.3) is 11.8 Å². The molecule has 1 aliphatic rings. The Kier molecular flexibility index (Phi) is 5.82. The maximum absolute atomic E-state index is 13.4. The summed E-state index contributed by atoms with van der Waals surface area (Å²) in [5, 5.41) is 12.8. The molecule has 5 aromatic rings. The van der Waals surface area contributed by atoms with E-state index in [9.17, 15) is 9.59 Å². The van der Waals surface area contributed by atoms with Crippen molar-refractivity contribution in [3.63, 3.8) is 0 Å². The average Bonchev–Trinajstić information content (AvgIpc) is 3.64. The van der Waals surface area contributed by atoms with Gasteiger partial charge < -0.3 is 14.8 Å². The van der Waals surface area contributed by atoms with Crippen molar-refractivity contribution in [2.45, 2.75) is 28.8 Å². The van der Waals surface area contributed by atoms with Crippen LogP contribution in [0, 0.1) is 0 Å². The standard InChI is InChI=1S/C26H22N6O2S2/c1-31-20-11-5-10-18-21(36-16-7-3-2-4-8-16)15-32(23(18)20)14-19(26(31)34)27-25(33)24-28-22(29-30-24)13-17-9-6-12-35-17/h2-12,15,19H,13-14H2,1H3,(H,27,33)(H,28,29,30)/t19-/m0/s1. The Bertz CT molecular complexity index is 1560. The number of hydrogen-bond donors (Lipinski definition) is 2. The van der Waals surface area contributed by atoms with Gasteiger partial charge in [-0.1, -0.05) is 48.2 Å². The summed E-state index contributed by atoms with van der Waals surface area (Å²) >= 11 is 3.30. The van der Waals surface area contributed by atoms with Gasteiger partial charge in [0.2, 0.25) is 5.82 Å². The molecule has 2 N–H and O–H groups in total. The van der Waals surface area contributed by atoms with Crippen LogP contribution >= 0.6 is 23.1 Å². The maximum atomic E-state index is 13.4. The third kappa shape index (κ3) is 4.18. The molecule has 0 fully saturated rings. The van der Waals surface area contributed by atoms with Gasteiger partial charge in [-0.15, -0.1) is 16.4 Å². The summed E-state index contributed by atoms with van der Waals surface area (Å²) in [4.78, 5) is 35.7. The minimum atomic E-state index is -0.765. The number of carbonyl (C=O) groups is 2. The lowest BCUT2D eigenvalue weighted by Gasteiger charge is -2.21. The van der Waals surface area contributed by atoms with E-state index >= 15 is 0 Å². The van der Waals surface area contributed by atoms with Gasteiger partial charge in [0.05, 0.1) is 17.7 Å². The number of hydrogen-bond acceptors (Lipinski definition) is 6. The fourth-order valence-electron chi connectivity index (χ4n) is 4.43.